The minimum Gasteiger partial charge on any atom is -0.363 e. The molecular weight excluding hydrogens is 118 g/mol. The second kappa shape index (κ2) is 1.41. The summed E-state index contributed by atoms with van der Waals surface area (Å²) in [4.78, 5) is 2.88. The summed E-state index contributed by atoms with van der Waals surface area (Å²) in [6, 6.07) is 1.88. The van der Waals surface area contributed by atoms with E-state index in [1.807, 2.05) is 6.07 Å². The van der Waals surface area contributed by atoms with Crippen molar-refractivity contribution in [2.75, 3.05) is 17.0 Å². The van der Waals surface area contributed by atoms with Crippen LogP contribution in [0.1, 0.15) is 0 Å². The SMILES string of the molecule is ON1CNc2cc[nH]c21. The summed E-state index contributed by atoms with van der Waals surface area (Å²) in [6.07, 6.45) is 1.78. The highest BCUT2D eigenvalue weighted by atomic mass is 16.5. The third-order valence-electron chi connectivity index (χ3n) is 1.40. The normalized spacial score (nSPS) is 15.4. The van der Waals surface area contributed by atoms with E-state index < -0.39 is 0 Å². The van der Waals surface area contributed by atoms with Crippen LogP contribution in [0.4, 0.5) is 11.5 Å². The van der Waals surface area contributed by atoms with Crippen LogP contribution in [0.25, 0.3) is 0 Å². The molecule has 4 heteroatoms. The number of hydroxylamine groups is 1. The smallest absolute Gasteiger partial charge is 0.155 e. The monoisotopic (exact) mass is 125 g/mol. The van der Waals surface area contributed by atoms with E-state index in [0.29, 0.717) is 6.67 Å². The molecule has 1 aliphatic rings. The van der Waals surface area contributed by atoms with Gasteiger partial charge in [0.25, 0.3) is 0 Å². The molecule has 0 radical (unpaired) electrons. The van der Waals surface area contributed by atoms with Crippen LogP contribution in [0.3, 0.4) is 0 Å². The van der Waals surface area contributed by atoms with Crippen molar-refractivity contribution in [2.45, 2.75) is 0 Å². The molecule has 0 atom stereocenters. The van der Waals surface area contributed by atoms with Crippen molar-refractivity contribution in [1.82, 2.24) is 4.98 Å². The second-order valence-corrected chi connectivity index (χ2v) is 1.97. The van der Waals surface area contributed by atoms with Gasteiger partial charge in [0.05, 0.1) is 5.69 Å². The van der Waals surface area contributed by atoms with E-state index in [2.05, 4.69) is 10.3 Å². The number of nitrogens with one attached hydrogen (secondary N) is 2. The van der Waals surface area contributed by atoms with Gasteiger partial charge in [0.2, 0.25) is 0 Å². The van der Waals surface area contributed by atoms with Crippen molar-refractivity contribution in [3.63, 3.8) is 0 Å². The molecule has 0 bridgehead atoms. The first-order chi connectivity index (χ1) is 4.38. The van der Waals surface area contributed by atoms with Crippen molar-refractivity contribution in [3.05, 3.63) is 12.3 Å². The van der Waals surface area contributed by atoms with Gasteiger partial charge in [-0.3, -0.25) is 5.21 Å². The van der Waals surface area contributed by atoms with Gasteiger partial charge in [0.15, 0.2) is 5.82 Å². The number of fused-ring (bicyclic) bond motifs is 1. The number of hydrogen-bond acceptors (Lipinski definition) is 3. The van der Waals surface area contributed by atoms with Crippen molar-refractivity contribution in [2.24, 2.45) is 0 Å². The van der Waals surface area contributed by atoms with Crippen molar-refractivity contribution in [1.29, 1.82) is 0 Å². The number of H-pyrrole nitrogens is 1. The van der Waals surface area contributed by atoms with E-state index in [0.717, 1.165) is 16.6 Å². The molecule has 0 unspecified atom stereocenters. The summed E-state index contributed by atoms with van der Waals surface area (Å²) in [5.74, 6) is 0.745. The summed E-state index contributed by atoms with van der Waals surface area (Å²) in [6.45, 7) is 0.474. The maximum Gasteiger partial charge on any atom is 0.155 e. The Hall–Kier alpha value is -1.16. The zero-order valence-electron chi connectivity index (χ0n) is 4.76. The number of anilines is 2. The fourth-order valence-electron chi connectivity index (χ4n) is 0.956. The van der Waals surface area contributed by atoms with Gasteiger partial charge >= 0.3 is 0 Å². The number of rotatable bonds is 0. The molecule has 0 saturated heterocycles. The predicted molar refractivity (Wildman–Crippen MR) is 33.5 cm³/mol. The Morgan fingerprint density at radius 1 is 1.67 bits per heavy atom. The molecule has 0 aliphatic carbocycles. The summed E-state index contributed by atoms with van der Waals surface area (Å²) in [5.41, 5.74) is 0.956. The molecule has 1 aliphatic heterocycles. The minimum absolute atomic E-state index is 0.474. The molecule has 48 valence electrons. The number of hydrogen-bond donors (Lipinski definition) is 3. The Labute approximate surface area is 52.1 Å². The van der Waals surface area contributed by atoms with Gasteiger partial charge in [-0.15, -0.1) is 0 Å². The van der Waals surface area contributed by atoms with Gasteiger partial charge in [0.1, 0.15) is 6.67 Å². The van der Waals surface area contributed by atoms with Crippen LogP contribution in [0.2, 0.25) is 0 Å². The average Bonchev–Trinajstić information content (AvgIpc) is 2.35. The van der Waals surface area contributed by atoms with Crippen molar-refractivity contribution >= 4 is 11.5 Å². The first-order valence-corrected chi connectivity index (χ1v) is 2.75. The minimum atomic E-state index is 0.474. The maximum atomic E-state index is 9.01. The van der Waals surface area contributed by atoms with Crippen LogP contribution in [-0.4, -0.2) is 16.9 Å². The molecule has 0 spiro atoms. The molecule has 2 rings (SSSR count). The van der Waals surface area contributed by atoms with Crippen LogP contribution in [0.5, 0.6) is 0 Å². The van der Waals surface area contributed by atoms with Gasteiger partial charge in [0, 0.05) is 6.20 Å². The standard InChI is InChI=1S/C5H7N3O/c9-8-3-7-4-1-2-6-5(4)8/h1-2,6-7,9H,3H2. The quantitative estimate of drug-likeness (QED) is 0.475. The van der Waals surface area contributed by atoms with E-state index >= 15 is 0 Å². The maximum absolute atomic E-state index is 9.01. The Morgan fingerprint density at radius 3 is 3.33 bits per heavy atom. The van der Waals surface area contributed by atoms with Crippen LogP contribution >= 0.6 is 0 Å². The van der Waals surface area contributed by atoms with Crippen LogP contribution < -0.4 is 10.4 Å². The molecule has 0 saturated carbocycles. The first-order valence-electron chi connectivity index (χ1n) is 2.75. The predicted octanol–water partition coefficient (Wildman–Crippen LogP) is 0.593. The molecule has 4 nitrogen and oxygen atoms in total. The lowest BCUT2D eigenvalue weighted by molar-refractivity contribution is 0.265. The number of nitrogens with zero attached hydrogens (tertiary/aromatic N) is 1. The Bertz CT molecular complexity index is 220. The molecule has 3 N–H and O–H groups in total. The molecule has 0 amide bonds. The number of aromatic amines is 1. The summed E-state index contributed by atoms with van der Waals surface area (Å²) >= 11 is 0. The van der Waals surface area contributed by atoms with Crippen LogP contribution in [0.15, 0.2) is 12.3 Å². The molecular formula is C5H7N3O. The number of aromatic nitrogens is 1. The zero-order chi connectivity index (χ0) is 6.27. The lowest BCUT2D eigenvalue weighted by atomic mass is 10.5. The second-order valence-electron chi connectivity index (χ2n) is 1.97. The highest BCUT2D eigenvalue weighted by Crippen LogP contribution is 2.26. The summed E-state index contributed by atoms with van der Waals surface area (Å²) in [7, 11) is 0. The third kappa shape index (κ3) is 0.503. The van der Waals surface area contributed by atoms with E-state index in [9.17, 15) is 0 Å². The molecule has 1 aromatic rings. The summed E-state index contributed by atoms with van der Waals surface area (Å²) < 4.78 is 0. The van der Waals surface area contributed by atoms with Crippen LogP contribution in [-0.2, 0) is 0 Å². The third-order valence-corrected chi connectivity index (χ3v) is 1.40. The highest BCUT2D eigenvalue weighted by Gasteiger charge is 2.16. The lowest BCUT2D eigenvalue weighted by Crippen LogP contribution is -2.17. The fourth-order valence-corrected chi connectivity index (χ4v) is 0.956. The first kappa shape index (κ1) is 4.69. The van der Waals surface area contributed by atoms with Gasteiger partial charge in [-0.25, -0.2) is 5.06 Å². The van der Waals surface area contributed by atoms with E-state index in [1.165, 1.54) is 0 Å². The Morgan fingerprint density at radius 2 is 2.56 bits per heavy atom. The van der Waals surface area contributed by atoms with Crippen molar-refractivity contribution < 1.29 is 5.21 Å². The lowest BCUT2D eigenvalue weighted by Gasteiger charge is -2.03. The van der Waals surface area contributed by atoms with E-state index in [-0.39, 0.29) is 0 Å². The Kier molecular flexibility index (Phi) is 0.738. The average molecular weight is 125 g/mol. The topological polar surface area (TPSA) is 51.3 Å². The van der Waals surface area contributed by atoms with Crippen LogP contribution in [0, 0.1) is 0 Å². The molecule has 1 aromatic heterocycles. The molecule has 2 heterocycles. The van der Waals surface area contributed by atoms with Gasteiger partial charge in [-0.1, -0.05) is 0 Å². The zero-order valence-corrected chi connectivity index (χ0v) is 4.76. The molecule has 9 heavy (non-hydrogen) atoms. The van der Waals surface area contributed by atoms with E-state index in [1.54, 1.807) is 6.20 Å². The molecule has 0 fully saturated rings. The van der Waals surface area contributed by atoms with E-state index in [4.69, 9.17) is 5.21 Å². The van der Waals surface area contributed by atoms with Gasteiger partial charge < -0.3 is 10.3 Å². The van der Waals surface area contributed by atoms with Crippen molar-refractivity contribution in [3.8, 4) is 0 Å². The fraction of sp³-hybridized carbons (Fsp3) is 0.200. The molecule has 0 aromatic carbocycles. The van der Waals surface area contributed by atoms with Gasteiger partial charge in [-0.05, 0) is 6.07 Å². The van der Waals surface area contributed by atoms with Gasteiger partial charge in [-0.2, -0.15) is 0 Å². The Balaban J connectivity index is 2.49. The summed E-state index contributed by atoms with van der Waals surface area (Å²) in [5, 5.41) is 13.1. The largest absolute Gasteiger partial charge is 0.363 e. The highest BCUT2D eigenvalue weighted by molar-refractivity contribution is 5.69.